The van der Waals surface area contributed by atoms with Crippen LogP contribution in [0.1, 0.15) is 11.1 Å². The van der Waals surface area contributed by atoms with Gasteiger partial charge in [-0.3, -0.25) is 0 Å². The number of rotatable bonds is 3. The number of benzene rings is 1. The minimum Gasteiger partial charge on any atom is -0.392 e. The molecular weight excluding hydrogens is 174 g/mol. The molecule has 0 unspecified atom stereocenters. The number of halogens is 1. The first kappa shape index (κ1) is 9.52. The van der Waals surface area contributed by atoms with Crippen LogP contribution in [-0.4, -0.2) is 12.2 Å². The summed E-state index contributed by atoms with van der Waals surface area (Å²) in [6, 6.07) is 5.62. The van der Waals surface area contributed by atoms with Gasteiger partial charge in [0.15, 0.2) is 0 Å². The van der Waals surface area contributed by atoms with Crippen molar-refractivity contribution in [3.8, 4) is 0 Å². The second-order valence-electron chi connectivity index (χ2n) is 2.57. The molecule has 2 nitrogen and oxygen atoms in total. The molecule has 0 saturated carbocycles. The maximum Gasteiger partial charge on any atom is 0.0699 e. The normalized spacial score (nSPS) is 10.2. The van der Waals surface area contributed by atoms with Gasteiger partial charge in [-0.2, -0.15) is 0 Å². The highest BCUT2D eigenvalue weighted by Gasteiger charge is 2.03. The molecule has 0 aliphatic heterocycles. The van der Waals surface area contributed by atoms with Gasteiger partial charge in [-0.1, -0.05) is 23.7 Å². The summed E-state index contributed by atoms with van der Waals surface area (Å²) in [4.78, 5) is 0. The van der Waals surface area contributed by atoms with Crippen molar-refractivity contribution in [2.24, 2.45) is 0 Å². The third-order valence-electron chi connectivity index (χ3n) is 1.74. The van der Waals surface area contributed by atoms with Gasteiger partial charge in [0, 0.05) is 17.1 Å². The molecule has 1 aromatic rings. The average Bonchev–Trinajstić information content (AvgIpc) is 2.05. The van der Waals surface area contributed by atoms with E-state index in [9.17, 15) is 0 Å². The minimum absolute atomic E-state index is 0.00329. The Kier molecular flexibility index (Phi) is 3.53. The summed E-state index contributed by atoms with van der Waals surface area (Å²) in [5.74, 6) is 0. The molecule has 0 aliphatic rings. The van der Waals surface area contributed by atoms with Crippen molar-refractivity contribution in [3.05, 3.63) is 34.3 Å². The van der Waals surface area contributed by atoms with E-state index in [-0.39, 0.29) is 6.61 Å². The summed E-state index contributed by atoms with van der Waals surface area (Å²) < 4.78 is 0. The lowest BCUT2D eigenvalue weighted by Gasteiger charge is -2.07. The average molecular weight is 186 g/mol. The van der Waals surface area contributed by atoms with E-state index >= 15 is 0 Å². The molecular formula is C9H12ClNO. The SMILES string of the molecule is CNCc1cccc(Cl)c1CO. The maximum absolute atomic E-state index is 9.01. The Balaban J connectivity index is 3.00. The predicted octanol–water partition coefficient (Wildman–Crippen LogP) is 1.55. The first-order valence-corrected chi connectivity index (χ1v) is 4.19. The van der Waals surface area contributed by atoms with Gasteiger partial charge in [0.25, 0.3) is 0 Å². The molecule has 0 fully saturated rings. The summed E-state index contributed by atoms with van der Waals surface area (Å²) in [5, 5.41) is 12.7. The number of aliphatic hydroxyl groups is 1. The van der Waals surface area contributed by atoms with Gasteiger partial charge < -0.3 is 10.4 Å². The smallest absolute Gasteiger partial charge is 0.0699 e. The first-order chi connectivity index (χ1) is 5.79. The van der Waals surface area contributed by atoms with Crippen LogP contribution < -0.4 is 5.32 Å². The Bertz CT molecular complexity index is 263. The second-order valence-corrected chi connectivity index (χ2v) is 2.97. The number of nitrogens with one attached hydrogen (secondary N) is 1. The molecule has 0 radical (unpaired) electrons. The second kappa shape index (κ2) is 4.45. The summed E-state index contributed by atoms with van der Waals surface area (Å²) >= 11 is 5.88. The van der Waals surface area contributed by atoms with E-state index in [1.54, 1.807) is 6.07 Å². The first-order valence-electron chi connectivity index (χ1n) is 3.81. The predicted molar refractivity (Wildman–Crippen MR) is 50.1 cm³/mol. The Hall–Kier alpha value is -0.570. The fraction of sp³-hybridized carbons (Fsp3) is 0.333. The zero-order chi connectivity index (χ0) is 8.97. The highest BCUT2D eigenvalue weighted by atomic mass is 35.5. The van der Waals surface area contributed by atoms with E-state index in [0.29, 0.717) is 5.02 Å². The molecule has 12 heavy (non-hydrogen) atoms. The van der Waals surface area contributed by atoms with Gasteiger partial charge in [0.1, 0.15) is 0 Å². The van der Waals surface area contributed by atoms with Gasteiger partial charge >= 0.3 is 0 Å². The van der Waals surface area contributed by atoms with Gasteiger partial charge in [-0.05, 0) is 18.7 Å². The summed E-state index contributed by atoms with van der Waals surface area (Å²) in [5.41, 5.74) is 1.86. The van der Waals surface area contributed by atoms with Gasteiger partial charge in [-0.15, -0.1) is 0 Å². The maximum atomic E-state index is 9.01. The largest absolute Gasteiger partial charge is 0.392 e. The van der Waals surface area contributed by atoms with Crippen molar-refractivity contribution >= 4 is 11.6 Å². The highest BCUT2D eigenvalue weighted by Crippen LogP contribution is 2.19. The third-order valence-corrected chi connectivity index (χ3v) is 2.10. The fourth-order valence-corrected chi connectivity index (χ4v) is 1.39. The van der Waals surface area contributed by atoms with Crippen LogP contribution in [0.2, 0.25) is 5.02 Å². The van der Waals surface area contributed by atoms with E-state index in [4.69, 9.17) is 16.7 Å². The van der Waals surface area contributed by atoms with Crippen molar-refractivity contribution in [2.45, 2.75) is 13.2 Å². The molecule has 0 aliphatic carbocycles. The topological polar surface area (TPSA) is 32.3 Å². The van der Waals surface area contributed by atoms with Crippen LogP contribution in [0.5, 0.6) is 0 Å². The molecule has 0 heterocycles. The van der Waals surface area contributed by atoms with E-state index in [1.807, 2.05) is 19.2 Å². The van der Waals surface area contributed by atoms with Crippen LogP contribution in [0.25, 0.3) is 0 Å². The van der Waals surface area contributed by atoms with Crippen molar-refractivity contribution < 1.29 is 5.11 Å². The van der Waals surface area contributed by atoms with Crippen molar-refractivity contribution in [2.75, 3.05) is 7.05 Å². The standard InChI is InChI=1S/C9H12ClNO/c1-11-5-7-3-2-4-9(10)8(7)6-12/h2-4,11-12H,5-6H2,1H3. The molecule has 0 amide bonds. The van der Waals surface area contributed by atoms with Crippen LogP contribution in [0, 0.1) is 0 Å². The highest BCUT2D eigenvalue weighted by molar-refractivity contribution is 6.31. The molecule has 3 heteroatoms. The molecule has 2 N–H and O–H groups in total. The van der Waals surface area contributed by atoms with Crippen LogP contribution in [0.4, 0.5) is 0 Å². The monoisotopic (exact) mass is 185 g/mol. The zero-order valence-corrected chi connectivity index (χ0v) is 7.73. The number of hydrogen-bond acceptors (Lipinski definition) is 2. The van der Waals surface area contributed by atoms with Crippen molar-refractivity contribution in [1.29, 1.82) is 0 Å². The van der Waals surface area contributed by atoms with Gasteiger partial charge in [0.2, 0.25) is 0 Å². The Morgan fingerprint density at radius 1 is 1.50 bits per heavy atom. The lowest BCUT2D eigenvalue weighted by atomic mass is 10.1. The van der Waals surface area contributed by atoms with Crippen LogP contribution in [0.3, 0.4) is 0 Å². The van der Waals surface area contributed by atoms with E-state index in [2.05, 4.69) is 5.32 Å². The fourth-order valence-electron chi connectivity index (χ4n) is 1.14. The molecule has 1 rings (SSSR count). The molecule has 0 atom stereocenters. The molecule has 0 bridgehead atoms. The summed E-state index contributed by atoms with van der Waals surface area (Å²) in [7, 11) is 1.86. The third kappa shape index (κ3) is 1.97. The minimum atomic E-state index is -0.00329. The van der Waals surface area contributed by atoms with Crippen LogP contribution in [0.15, 0.2) is 18.2 Å². The molecule has 1 aromatic carbocycles. The van der Waals surface area contributed by atoms with E-state index in [0.717, 1.165) is 17.7 Å². The van der Waals surface area contributed by atoms with Crippen molar-refractivity contribution in [3.63, 3.8) is 0 Å². The number of hydrogen-bond donors (Lipinski definition) is 2. The summed E-state index contributed by atoms with van der Waals surface area (Å²) in [6.07, 6.45) is 0. The van der Waals surface area contributed by atoms with E-state index < -0.39 is 0 Å². The molecule has 66 valence electrons. The Morgan fingerprint density at radius 2 is 2.25 bits per heavy atom. The van der Waals surface area contributed by atoms with Crippen molar-refractivity contribution in [1.82, 2.24) is 5.32 Å². The Labute approximate surface area is 77.2 Å². The van der Waals surface area contributed by atoms with E-state index in [1.165, 1.54) is 0 Å². The zero-order valence-electron chi connectivity index (χ0n) is 6.97. The van der Waals surface area contributed by atoms with Crippen LogP contribution >= 0.6 is 11.6 Å². The molecule has 0 saturated heterocycles. The van der Waals surface area contributed by atoms with Crippen LogP contribution in [-0.2, 0) is 13.2 Å². The number of aliphatic hydroxyl groups excluding tert-OH is 1. The van der Waals surface area contributed by atoms with Gasteiger partial charge in [-0.25, -0.2) is 0 Å². The molecule has 0 aromatic heterocycles. The summed E-state index contributed by atoms with van der Waals surface area (Å²) in [6.45, 7) is 0.729. The molecule has 0 spiro atoms. The Morgan fingerprint density at radius 3 is 2.83 bits per heavy atom. The van der Waals surface area contributed by atoms with Gasteiger partial charge in [0.05, 0.1) is 6.61 Å². The quantitative estimate of drug-likeness (QED) is 0.749. The lowest BCUT2D eigenvalue weighted by molar-refractivity contribution is 0.280. The lowest BCUT2D eigenvalue weighted by Crippen LogP contribution is -2.07.